The molecule has 28 heavy (non-hydrogen) atoms. The molecule has 0 spiro atoms. The monoisotopic (exact) mass is 370 g/mol. The van der Waals surface area contributed by atoms with Crippen molar-refractivity contribution in [2.45, 2.75) is 33.2 Å². The van der Waals surface area contributed by atoms with Gasteiger partial charge in [0.05, 0.1) is 17.6 Å². The molecule has 0 unspecified atom stereocenters. The van der Waals surface area contributed by atoms with E-state index in [0.717, 1.165) is 34.7 Å². The second-order valence-electron chi connectivity index (χ2n) is 7.49. The first-order valence-corrected chi connectivity index (χ1v) is 9.87. The molecule has 0 aliphatic rings. The van der Waals surface area contributed by atoms with Crippen LogP contribution in [0.15, 0.2) is 72.8 Å². The lowest BCUT2D eigenvalue weighted by Crippen LogP contribution is -2.10. The molecule has 4 rings (SSSR count). The van der Waals surface area contributed by atoms with E-state index in [1.54, 1.807) is 0 Å². The summed E-state index contributed by atoms with van der Waals surface area (Å²) in [5.41, 5.74) is 5.75. The Kier molecular flexibility index (Phi) is 5.16. The van der Waals surface area contributed by atoms with E-state index in [1.165, 1.54) is 11.1 Å². The summed E-state index contributed by atoms with van der Waals surface area (Å²) in [5, 5.41) is 0. The third-order valence-electron chi connectivity index (χ3n) is 5.05. The van der Waals surface area contributed by atoms with Gasteiger partial charge in [-0.1, -0.05) is 68.4 Å². The average molecular weight is 370 g/mol. The lowest BCUT2D eigenvalue weighted by atomic mass is 10.0. The van der Waals surface area contributed by atoms with Crippen molar-refractivity contribution >= 4 is 11.0 Å². The van der Waals surface area contributed by atoms with E-state index in [1.807, 2.05) is 12.1 Å². The molecular weight excluding hydrogens is 344 g/mol. The number of fused-ring (bicyclic) bond motifs is 1. The molecule has 142 valence electrons. The van der Waals surface area contributed by atoms with E-state index in [4.69, 9.17) is 9.72 Å². The number of hydrogen-bond acceptors (Lipinski definition) is 2. The van der Waals surface area contributed by atoms with Crippen molar-refractivity contribution in [1.29, 1.82) is 0 Å². The van der Waals surface area contributed by atoms with E-state index in [-0.39, 0.29) is 0 Å². The molecule has 3 heteroatoms. The van der Waals surface area contributed by atoms with Gasteiger partial charge in [0.15, 0.2) is 0 Å². The Morgan fingerprint density at radius 3 is 2.46 bits per heavy atom. The fourth-order valence-corrected chi connectivity index (χ4v) is 3.60. The Labute approximate surface area is 166 Å². The molecule has 1 aromatic heterocycles. The normalized spacial score (nSPS) is 11.3. The summed E-state index contributed by atoms with van der Waals surface area (Å²) in [5.74, 6) is 2.41. The van der Waals surface area contributed by atoms with Crippen molar-refractivity contribution in [2.24, 2.45) is 0 Å². The smallest absolute Gasteiger partial charge is 0.141 e. The van der Waals surface area contributed by atoms with Crippen molar-refractivity contribution in [1.82, 2.24) is 9.55 Å². The Bertz CT molecular complexity index is 1080. The molecule has 3 nitrogen and oxygen atoms in total. The Hall–Kier alpha value is -3.07. The zero-order chi connectivity index (χ0) is 19.5. The van der Waals surface area contributed by atoms with Crippen molar-refractivity contribution in [2.75, 3.05) is 6.61 Å². The Balaban J connectivity index is 1.63. The van der Waals surface area contributed by atoms with E-state index in [2.05, 4.69) is 86.0 Å². The van der Waals surface area contributed by atoms with Crippen LogP contribution in [-0.2, 0) is 6.54 Å². The largest absolute Gasteiger partial charge is 0.491 e. The highest BCUT2D eigenvalue weighted by Gasteiger charge is 2.13. The van der Waals surface area contributed by atoms with Crippen LogP contribution in [0.3, 0.4) is 0 Å². The maximum Gasteiger partial charge on any atom is 0.141 e. The minimum atomic E-state index is 0.435. The van der Waals surface area contributed by atoms with E-state index >= 15 is 0 Å². The van der Waals surface area contributed by atoms with E-state index < -0.39 is 0 Å². The van der Waals surface area contributed by atoms with Gasteiger partial charge in [0.25, 0.3) is 0 Å². The first-order chi connectivity index (χ1) is 13.6. The van der Waals surface area contributed by atoms with E-state index in [9.17, 15) is 0 Å². The van der Waals surface area contributed by atoms with Gasteiger partial charge in [0.2, 0.25) is 0 Å². The molecule has 4 aromatic rings. The number of benzene rings is 3. The highest BCUT2D eigenvalue weighted by Crippen LogP contribution is 2.28. The standard InChI is InChI=1S/C25H26N2O/c1-18(2)21-14-13-19(3)17-24(21)28-16-15-27-23-12-8-7-11-22(23)26-25(27)20-9-5-4-6-10-20/h4-14,17-18H,15-16H2,1-3H3. The molecule has 3 aromatic carbocycles. The van der Waals surface area contributed by atoms with Gasteiger partial charge in [-0.2, -0.15) is 0 Å². The predicted molar refractivity (Wildman–Crippen MR) is 116 cm³/mol. The van der Waals surface area contributed by atoms with Gasteiger partial charge in [-0.05, 0) is 42.2 Å². The number of ether oxygens (including phenoxy) is 1. The van der Waals surface area contributed by atoms with Crippen LogP contribution in [0.2, 0.25) is 0 Å². The molecule has 0 N–H and O–H groups in total. The average Bonchev–Trinajstić information content (AvgIpc) is 3.07. The van der Waals surface area contributed by atoms with Crippen LogP contribution in [0.4, 0.5) is 0 Å². The third-order valence-corrected chi connectivity index (χ3v) is 5.05. The van der Waals surface area contributed by atoms with E-state index in [0.29, 0.717) is 12.5 Å². The van der Waals surface area contributed by atoms with Crippen molar-refractivity contribution in [3.8, 4) is 17.1 Å². The van der Waals surface area contributed by atoms with Gasteiger partial charge >= 0.3 is 0 Å². The zero-order valence-corrected chi connectivity index (χ0v) is 16.7. The number of rotatable bonds is 6. The Morgan fingerprint density at radius 1 is 0.929 bits per heavy atom. The molecule has 0 saturated carbocycles. The summed E-state index contributed by atoms with van der Waals surface area (Å²) in [7, 11) is 0. The lowest BCUT2D eigenvalue weighted by Gasteiger charge is -2.16. The molecule has 0 aliphatic carbocycles. The number of nitrogens with zero attached hydrogens (tertiary/aromatic N) is 2. The number of para-hydroxylation sites is 2. The first kappa shape index (κ1) is 18.3. The maximum absolute atomic E-state index is 6.24. The van der Waals surface area contributed by atoms with Gasteiger partial charge in [-0.25, -0.2) is 4.98 Å². The first-order valence-electron chi connectivity index (χ1n) is 9.87. The summed E-state index contributed by atoms with van der Waals surface area (Å²) in [6.45, 7) is 7.86. The van der Waals surface area contributed by atoms with Crippen LogP contribution in [0.5, 0.6) is 5.75 Å². The van der Waals surface area contributed by atoms with Crippen LogP contribution < -0.4 is 4.74 Å². The zero-order valence-electron chi connectivity index (χ0n) is 16.7. The molecule has 0 aliphatic heterocycles. The molecule has 0 saturated heterocycles. The van der Waals surface area contributed by atoms with Gasteiger partial charge in [-0.3, -0.25) is 0 Å². The van der Waals surface area contributed by atoms with Crippen molar-refractivity contribution in [3.05, 3.63) is 83.9 Å². The van der Waals surface area contributed by atoms with Gasteiger partial charge in [-0.15, -0.1) is 0 Å². The molecule has 0 atom stereocenters. The topological polar surface area (TPSA) is 27.1 Å². The summed E-state index contributed by atoms with van der Waals surface area (Å²) in [6.07, 6.45) is 0. The number of imidazole rings is 1. The molecule has 0 bridgehead atoms. The summed E-state index contributed by atoms with van der Waals surface area (Å²) >= 11 is 0. The van der Waals surface area contributed by atoms with Crippen molar-refractivity contribution < 1.29 is 4.74 Å². The quantitative estimate of drug-likeness (QED) is 0.403. The Morgan fingerprint density at radius 2 is 1.68 bits per heavy atom. The molecule has 0 amide bonds. The van der Waals surface area contributed by atoms with Crippen LogP contribution >= 0.6 is 0 Å². The van der Waals surface area contributed by atoms with Crippen LogP contribution in [-0.4, -0.2) is 16.2 Å². The molecule has 0 radical (unpaired) electrons. The van der Waals surface area contributed by atoms with Crippen LogP contribution in [0, 0.1) is 6.92 Å². The fourth-order valence-electron chi connectivity index (χ4n) is 3.60. The molecular formula is C25H26N2O. The summed E-state index contributed by atoms with van der Waals surface area (Å²) in [6, 6.07) is 25.1. The van der Waals surface area contributed by atoms with Gasteiger partial charge in [0, 0.05) is 5.56 Å². The second-order valence-corrected chi connectivity index (χ2v) is 7.49. The maximum atomic E-state index is 6.24. The van der Waals surface area contributed by atoms with Gasteiger partial charge < -0.3 is 9.30 Å². The minimum absolute atomic E-state index is 0.435. The second kappa shape index (κ2) is 7.89. The number of aromatic nitrogens is 2. The summed E-state index contributed by atoms with van der Waals surface area (Å²) < 4.78 is 8.50. The fraction of sp³-hybridized carbons (Fsp3) is 0.240. The minimum Gasteiger partial charge on any atom is -0.491 e. The highest BCUT2D eigenvalue weighted by atomic mass is 16.5. The lowest BCUT2D eigenvalue weighted by molar-refractivity contribution is 0.296. The van der Waals surface area contributed by atoms with Gasteiger partial charge in [0.1, 0.15) is 18.2 Å². The number of aryl methyl sites for hydroxylation is 1. The number of hydrogen-bond donors (Lipinski definition) is 0. The van der Waals surface area contributed by atoms with Crippen molar-refractivity contribution in [3.63, 3.8) is 0 Å². The van der Waals surface area contributed by atoms with Crippen LogP contribution in [0.1, 0.15) is 30.9 Å². The SMILES string of the molecule is Cc1ccc(C(C)C)c(OCCn2c(-c3ccccc3)nc3ccccc32)c1. The summed E-state index contributed by atoms with van der Waals surface area (Å²) in [4.78, 5) is 4.88. The molecule has 1 heterocycles. The third kappa shape index (κ3) is 3.65. The highest BCUT2D eigenvalue weighted by molar-refractivity contribution is 5.80. The predicted octanol–water partition coefficient (Wildman–Crippen LogP) is 6.21. The van der Waals surface area contributed by atoms with Crippen LogP contribution in [0.25, 0.3) is 22.4 Å². The molecule has 0 fully saturated rings.